The van der Waals surface area contributed by atoms with Crippen LogP contribution in [0, 0.1) is 0 Å². The number of nitrogens with one attached hydrogen (secondary N) is 1. The zero-order chi connectivity index (χ0) is 11.0. The van der Waals surface area contributed by atoms with Crippen LogP contribution >= 0.6 is 0 Å². The minimum atomic E-state index is -0.250. The number of nitrogens with two attached hydrogens (primary N) is 1. The molecule has 0 atom stereocenters. The van der Waals surface area contributed by atoms with E-state index in [-0.39, 0.29) is 12.4 Å². The Hall–Kier alpha value is -2.04. The molecule has 76 valence electrons. The Balaban J connectivity index is 0.000000500. The lowest BCUT2D eigenvalue weighted by Crippen LogP contribution is -2.05. The number of carboxylic acid groups (broad SMARTS) is 1. The molecule has 0 bridgehead atoms. The maximum absolute atomic E-state index is 10.6. The molecule has 0 aliphatic rings. The van der Waals surface area contributed by atoms with Crippen molar-refractivity contribution in [3.63, 3.8) is 0 Å². The molecule has 14 heavy (non-hydrogen) atoms. The molecule has 1 aromatic rings. The molecule has 0 aliphatic heterocycles. The number of hydrogen-bond acceptors (Lipinski definition) is 3. The molecule has 0 spiro atoms. The van der Waals surface area contributed by atoms with Crippen molar-refractivity contribution in [1.29, 1.82) is 0 Å². The Labute approximate surface area is 81.5 Å². The van der Waals surface area contributed by atoms with E-state index in [0.29, 0.717) is 5.69 Å². The first-order valence-electron chi connectivity index (χ1n) is 3.81. The lowest BCUT2D eigenvalue weighted by Gasteiger charge is -2.01. The van der Waals surface area contributed by atoms with Crippen LogP contribution in [0.3, 0.4) is 0 Å². The highest BCUT2D eigenvalue weighted by Gasteiger charge is 1.93. The third-order valence-electron chi connectivity index (χ3n) is 1.21. The van der Waals surface area contributed by atoms with Crippen molar-refractivity contribution in [1.82, 2.24) is 0 Å². The van der Waals surface area contributed by atoms with Crippen molar-refractivity contribution in [2.75, 3.05) is 11.1 Å². The van der Waals surface area contributed by atoms with Gasteiger partial charge in [0.05, 0.1) is 0 Å². The smallest absolute Gasteiger partial charge is 0.290 e. The fourth-order valence-corrected chi connectivity index (χ4v) is 0.820. The van der Waals surface area contributed by atoms with E-state index in [0.717, 1.165) is 5.69 Å². The van der Waals surface area contributed by atoms with Gasteiger partial charge < -0.3 is 16.2 Å². The molecule has 0 aliphatic carbocycles. The van der Waals surface area contributed by atoms with E-state index in [1.165, 1.54) is 6.92 Å². The van der Waals surface area contributed by atoms with Gasteiger partial charge in [-0.3, -0.25) is 9.59 Å². The number of amides is 1. The van der Waals surface area contributed by atoms with E-state index in [1.54, 1.807) is 24.3 Å². The average Bonchev–Trinajstić information content (AvgIpc) is 2.03. The Morgan fingerprint density at radius 2 is 2.14 bits per heavy atom. The molecule has 4 N–H and O–H groups in total. The summed E-state index contributed by atoms with van der Waals surface area (Å²) in [4.78, 5) is 18.9. The summed E-state index contributed by atoms with van der Waals surface area (Å²) in [7, 11) is 0. The third-order valence-corrected chi connectivity index (χ3v) is 1.21. The molecule has 0 aromatic heterocycles. The normalized spacial score (nSPS) is 8.07. The molecule has 0 saturated heterocycles. The van der Waals surface area contributed by atoms with Gasteiger partial charge in [0.25, 0.3) is 6.47 Å². The summed E-state index contributed by atoms with van der Waals surface area (Å²) in [5.41, 5.74) is 6.87. The Morgan fingerprint density at radius 1 is 1.57 bits per heavy atom. The quantitative estimate of drug-likeness (QED) is 0.460. The summed E-state index contributed by atoms with van der Waals surface area (Å²) in [5, 5.41) is 9.52. The van der Waals surface area contributed by atoms with Gasteiger partial charge in [0.1, 0.15) is 0 Å². The molecule has 0 heterocycles. The van der Waals surface area contributed by atoms with Crippen molar-refractivity contribution in [2.24, 2.45) is 0 Å². The van der Waals surface area contributed by atoms with Crippen LogP contribution in [0.2, 0.25) is 0 Å². The maximum Gasteiger partial charge on any atom is 0.290 e. The molecule has 5 heteroatoms. The minimum Gasteiger partial charge on any atom is -0.483 e. The van der Waals surface area contributed by atoms with Gasteiger partial charge >= 0.3 is 0 Å². The Morgan fingerprint density at radius 3 is 2.57 bits per heavy atom. The Kier molecular flexibility index (Phi) is 5.53. The first-order valence-corrected chi connectivity index (χ1v) is 3.81. The number of nitrogen functional groups attached to an aromatic ring is 1. The van der Waals surface area contributed by atoms with Crippen molar-refractivity contribution in [2.45, 2.75) is 6.92 Å². The summed E-state index contributed by atoms with van der Waals surface area (Å²) in [6, 6.07) is 7.06. The molecule has 1 aromatic carbocycles. The molecule has 1 rings (SSSR count). The third kappa shape index (κ3) is 5.59. The molecule has 0 fully saturated rings. The zero-order valence-electron chi connectivity index (χ0n) is 7.73. The van der Waals surface area contributed by atoms with Gasteiger partial charge in [0.2, 0.25) is 5.91 Å². The van der Waals surface area contributed by atoms with Crippen LogP contribution in [0.4, 0.5) is 11.4 Å². The maximum atomic E-state index is 10.6. The predicted octanol–water partition coefficient (Wildman–Crippen LogP) is 0.928. The fourth-order valence-electron chi connectivity index (χ4n) is 0.820. The number of carbonyl (C=O) groups is 2. The number of benzene rings is 1. The largest absolute Gasteiger partial charge is 0.483 e. The van der Waals surface area contributed by atoms with Gasteiger partial charge in [-0.1, -0.05) is 6.07 Å². The van der Waals surface area contributed by atoms with Crippen LogP contribution < -0.4 is 11.1 Å². The molecular weight excluding hydrogens is 184 g/mol. The van der Waals surface area contributed by atoms with Crippen molar-refractivity contribution >= 4 is 23.8 Å². The average molecular weight is 196 g/mol. The summed E-state index contributed by atoms with van der Waals surface area (Å²) in [6.07, 6.45) is 0. The van der Waals surface area contributed by atoms with Crippen LogP contribution in [-0.2, 0) is 9.59 Å². The van der Waals surface area contributed by atoms with Crippen molar-refractivity contribution in [3.05, 3.63) is 24.3 Å². The van der Waals surface area contributed by atoms with E-state index in [1.807, 2.05) is 0 Å². The van der Waals surface area contributed by atoms with E-state index >= 15 is 0 Å². The predicted molar refractivity (Wildman–Crippen MR) is 53.9 cm³/mol. The number of hydrogen-bond donors (Lipinski definition) is 3. The second-order valence-corrected chi connectivity index (χ2v) is 2.41. The summed E-state index contributed by atoms with van der Waals surface area (Å²) in [6.45, 7) is 1.21. The lowest BCUT2D eigenvalue weighted by molar-refractivity contribution is -0.123. The van der Waals surface area contributed by atoms with Gasteiger partial charge in [0, 0.05) is 18.3 Å². The second-order valence-electron chi connectivity index (χ2n) is 2.41. The van der Waals surface area contributed by atoms with Crippen molar-refractivity contribution < 1.29 is 14.7 Å². The molecule has 1 amide bonds. The molecule has 0 saturated carbocycles. The molecule has 5 nitrogen and oxygen atoms in total. The van der Waals surface area contributed by atoms with Gasteiger partial charge in [-0.05, 0) is 18.2 Å². The van der Waals surface area contributed by atoms with Crippen LogP contribution in [0.5, 0.6) is 0 Å². The summed E-state index contributed by atoms with van der Waals surface area (Å²) in [5.74, 6) is -0.0874. The van der Waals surface area contributed by atoms with Gasteiger partial charge in [0.15, 0.2) is 0 Å². The first-order chi connectivity index (χ1) is 6.60. The summed E-state index contributed by atoms with van der Waals surface area (Å²) >= 11 is 0. The Bertz CT molecular complexity index is 313. The van der Waals surface area contributed by atoms with Crippen LogP contribution in [0.25, 0.3) is 0 Å². The van der Waals surface area contributed by atoms with E-state index in [2.05, 4.69) is 5.32 Å². The fraction of sp³-hybridized carbons (Fsp3) is 0.111. The van der Waals surface area contributed by atoms with Gasteiger partial charge in [-0.15, -0.1) is 0 Å². The number of anilines is 2. The SMILES string of the molecule is CC(=O)Nc1cccc(N)c1.O=CO. The summed E-state index contributed by atoms with van der Waals surface area (Å²) < 4.78 is 0. The lowest BCUT2D eigenvalue weighted by atomic mass is 10.3. The second kappa shape index (κ2) is 6.47. The van der Waals surface area contributed by atoms with Crippen LogP contribution in [0.15, 0.2) is 24.3 Å². The highest BCUT2D eigenvalue weighted by atomic mass is 16.3. The molecular formula is C9H12N2O3. The number of rotatable bonds is 1. The standard InChI is InChI=1S/C8H10N2O.CH2O2/c1-6(11)10-8-4-2-3-7(9)5-8;2-1-3/h2-5H,9H2,1H3,(H,10,11);1H,(H,2,3). The number of carbonyl (C=O) groups excluding carboxylic acids is 1. The minimum absolute atomic E-state index is 0.0874. The van der Waals surface area contributed by atoms with Crippen LogP contribution in [-0.4, -0.2) is 17.5 Å². The monoisotopic (exact) mass is 196 g/mol. The highest BCUT2D eigenvalue weighted by Crippen LogP contribution is 2.10. The zero-order valence-corrected chi connectivity index (χ0v) is 7.73. The van der Waals surface area contributed by atoms with Gasteiger partial charge in [-0.2, -0.15) is 0 Å². The molecule has 0 radical (unpaired) electrons. The first kappa shape index (κ1) is 12.0. The van der Waals surface area contributed by atoms with E-state index in [4.69, 9.17) is 15.6 Å². The van der Waals surface area contributed by atoms with Crippen LogP contribution in [0.1, 0.15) is 6.92 Å². The topological polar surface area (TPSA) is 92.4 Å². The van der Waals surface area contributed by atoms with Crippen molar-refractivity contribution in [3.8, 4) is 0 Å². The van der Waals surface area contributed by atoms with Gasteiger partial charge in [-0.25, -0.2) is 0 Å². The van der Waals surface area contributed by atoms with E-state index in [9.17, 15) is 4.79 Å². The highest BCUT2D eigenvalue weighted by molar-refractivity contribution is 5.89. The molecule has 0 unspecified atom stereocenters. The van der Waals surface area contributed by atoms with E-state index < -0.39 is 0 Å².